The number of anilines is 1. The highest BCUT2D eigenvalue weighted by Crippen LogP contribution is 2.19. The first-order valence-corrected chi connectivity index (χ1v) is 8.86. The van der Waals surface area contributed by atoms with Crippen molar-refractivity contribution in [2.45, 2.75) is 38.9 Å². The molecule has 0 aliphatic heterocycles. The zero-order valence-electron chi connectivity index (χ0n) is 13.5. The first-order chi connectivity index (χ1) is 10.7. The second-order valence-electron chi connectivity index (χ2n) is 5.07. The van der Waals surface area contributed by atoms with Crippen LogP contribution in [0, 0.1) is 6.92 Å². The number of sulfonamides is 1. The van der Waals surface area contributed by atoms with Crippen molar-refractivity contribution in [2.24, 2.45) is 5.73 Å². The van der Waals surface area contributed by atoms with E-state index in [-0.39, 0.29) is 18.7 Å². The van der Waals surface area contributed by atoms with Crippen molar-refractivity contribution in [3.63, 3.8) is 0 Å². The number of amides is 1. The van der Waals surface area contributed by atoms with Crippen LogP contribution >= 0.6 is 0 Å². The number of hydrogen-bond donors (Lipinski definition) is 2. The third-order valence-electron chi connectivity index (χ3n) is 3.23. The molecule has 0 bridgehead atoms. The lowest BCUT2D eigenvalue weighted by Gasteiger charge is -2.17. The summed E-state index contributed by atoms with van der Waals surface area (Å²) in [6.07, 6.45) is 0.677. The number of benzene rings is 1. The molecule has 7 nitrogen and oxygen atoms in total. The van der Waals surface area contributed by atoms with Gasteiger partial charge in [0, 0.05) is 11.3 Å². The minimum absolute atomic E-state index is 0.112. The molecule has 0 aliphatic carbocycles. The Kier molecular flexibility index (Phi) is 6.56. The molecule has 0 aromatic heterocycles. The number of primary amides is 1. The maximum absolute atomic E-state index is 12.4. The van der Waals surface area contributed by atoms with Gasteiger partial charge in [-0.3, -0.25) is 14.3 Å². The minimum Gasteiger partial charge on any atom is -0.465 e. The van der Waals surface area contributed by atoms with Crippen LogP contribution in [0.5, 0.6) is 0 Å². The SMILES string of the molecule is CCC[C@H](C(=O)OCC)S(=O)(=O)Nc1ccc(C(N)=O)c(C)c1. The molecule has 0 saturated heterocycles. The molecule has 1 aromatic carbocycles. The first kappa shape index (κ1) is 19.0. The Morgan fingerprint density at radius 3 is 2.43 bits per heavy atom. The standard InChI is InChI=1S/C15H22N2O5S/c1-4-6-13(15(19)22-5-2)23(20,21)17-11-7-8-12(14(16)18)10(3)9-11/h7-9,13,17H,4-6H2,1-3H3,(H2,16,18)/t13-/m1/s1. The van der Waals surface area contributed by atoms with Gasteiger partial charge in [-0.25, -0.2) is 8.42 Å². The van der Waals surface area contributed by atoms with E-state index in [4.69, 9.17) is 10.5 Å². The Morgan fingerprint density at radius 1 is 1.30 bits per heavy atom. The summed E-state index contributed by atoms with van der Waals surface area (Å²) in [7, 11) is -3.95. The summed E-state index contributed by atoms with van der Waals surface area (Å²) >= 11 is 0. The Balaban J connectivity index is 3.06. The molecule has 1 amide bonds. The number of ether oxygens (including phenoxy) is 1. The summed E-state index contributed by atoms with van der Waals surface area (Å²) in [4.78, 5) is 23.1. The maximum atomic E-state index is 12.4. The van der Waals surface area contributed by atoms with Gasteiger partial charge in [-0.15, -0.1) is 0 Å². The molecule has 0 fully saturated rings. The number of esters is 1. The molecule has 0 unspecified atom stereocenters. The molecule has 1 atom stereocenters. The zero-order chi connectivity index (χ0) is 17.6. The summed E-state index contributed by atoms with van der Waals surface area (Å²) in [5, 5.41) is -1.27. The minimum atomic E-state index is -3.95. The quantitative estimate of drug-likeness (QED) is 0.696. The number of carbonyl (C=O) groups excluding carboxylic acids is 2. The monoisotopic (exact) mass is 342 g/mol. The summed E-state index contributed by atoms with van der Waals surface area (Å²) in [5.41, 5.74) is 6.33. The zero-order valence-corrected chi connectivity index (χ0v) is 14.3. The Labute approximate surface area is 136 Å². The molecule has 0 radical (unpaired) electrons. The van der Waals surface area contributed by atoms with Gasteiger partial charge in [-0.05, 0) is 44.0 Å². The summed E-state index contributed by atoms with van der Waals surface area (Å²) < 4.78 is 32.1. The molecular weight excluding hydrogens is 320 g/mol. The van der Waals surface area contributed by atoms with E-state index in [0.29, 0.717) is 17.5 Å². The molecule has 8 heteroatoms. The van der Waals surface area contributed by atoms with Gasteiger partial charge in [0.2, 0.25) is 15.9 Å². The molecule has 1 rings (SSSR count). The van der Waals surface area contributed by atoms with E-state index in [0.717, 1.165) is 0 Å². The van der Waals surface area contributed by atoms with E-state index >= 15 is 0 Å². The van der Waals surface area contributed by atoms with Crippen molar-refractivity contribution in [3.8, 4) is 0 Å². The Morgan fingerprint density at radius 2 is 1.96 bits per heavy atom. The number of nitrogens with two attached hydrogens (primary N) is 1. The molecular formula is C15H22N2O5S. The second-order valence-corrected chi connectivity index (χ2v) is 6.93. The maximum Gasteiger partial charge on any atom is 0.326 e. The highest BCUT2D eigenvalue weighted by atomic mass is 32.2. The van der Waals surface area contributed by atoms with Gasteiger partial charge in [-0.2, -0.15) is 0 Å². The fourth-order valence-electron chi connectivity index (χ4n) is 2.14. The average molecular weight is 342 g/mol. The van der Waals surface area contributed by atoms with Crippen molar-refractivity contribution in [2.75, 3.05) is 11.3 Å². The molecule has 128 valence electrons. The number of nitrogens with one attached hydrogen (secondary N) is 1. The fraction of sp³-hybridized carbons (Fsp3) is 0.467. The van der Waals surface area contributed by atoms with Gasteiger partial charge in [0.25, 0.3) is 0 Å². The van der Waals surface area contributed by atoms with Crippen LogP contribution in [-0.4, -0.2) is 32.2 Å². The summed E-state index contributed by atoms with van der Waals surface area (Å²) in [5.74, 6) is -1.36. The largest absolute Gasteiger partial charge is 0.465 e. The van der Waals surface area contributed by atoms with Crippen LogP contribution in [0.25, 0.3) is 0 Å². The summed E-state index contributed by atoms with van der Waals surface area (Å²) in [6.45, 7) is 5.16. The first-order valence-electron chi connectivity index (χ1n) is 7.31. The lowest BCUT2D eigenvalue weighted by Crippen LogP contribution is -2.36. The van der Waals surface area contributed by atoms with Gasteiger partial charge in [0.15, 0.2) is 5.25 Å². The highest BCUT2D eigenvalue weighted by molar-refractivity contribution is 7.94. The number of carbonyl (C=O) groups is 2. The van der Waals surface area contributed by atoms with Gasteiger partial charge < -0.3 is 10.5 Å². The van der Waals surface area contributed by atoms with Crippen LogP contribution in [-0.2, 0) is 19.6 Å². The molecule has 23 heavy (non-hydrogen) atoms. The molecule has 0 heterocycles. The summed E-state index contributed by atoms with van der Waals surface area (Å²) in [6, 6.07) is 4.36. The predicted octanol–water partition coefficient (Wildman–Crippen LogP) is 1.57. The number of aryl methyl sites for hydroxylation is 1. The topological polar surface area (TPSA) is 116 Å². The van der Waals surface area contributed by atoms with Crippen molar-refractivity contribution < 1.29 is 22.7 Å². The lowest BCUT2D eigenvalue weighted by molar-refractivity contribution is -0.142. The van der Waals surface area contributed by atoms with Crippen molar-refractivity contribution in [1.29, 1.82) is 0 Å². The second kappa shape index (κ2) is 7.96. The third kappa shape index (κ3) is 4.95. The van der Waals surface area contributed by atoms with E-state index in [2.05, 4.69) is 4.72 Å². The van der Waals surface area contributed by atoms with Gasteiger partial charge in [-0.1, -0.05) is 13.3 Å². The van der Waals surface area contributed by atoms with Crippen molar-refractivity contribution in [1.82, 2.24) is 0 Å². The van der Waals surface area contributed by atoms with Crippen LogP contribution in [0.15, 0.2) is 18.2 Å². The normalized spacial score (nSPS) is 12.5. The smallest absolute Gasteiger partial charge is 0.326 e. The van der Waals surface area contributed by atoms with Gasteiger partial charge in [0.1, 0.15) is 0 Å². The number of rotatable bonds is 8. The van der Waals surface area contributed by atoms with E-state index in [1.807, 2.05) is 0 Å². The average Bonchev–Trinajstić information content (AvgIpc) is 2.43. The lowest BCUT2D eigenvalue weighted by atomic mass is 10.1. The van der Waals surface area contributed by atoms with E-state index in [1.165, 1.54) is 18.2 Å². The molecule has 0 saturated carbocycles. The van der Waals surface area contributed by atoms with Crippen LogP contribution < -0.4 is 10.5 Å². The molecule has 0 aliphatic rings. The van der Waals surface area contributed by atoms with E-state index < -0.39 is 27.1 Å². The fourth-order valence-corrected chi connectivity index (χ4v) is 3.60. The molecule has 0 spiro atoms. The van der Waals surface area contributed by atoms with Crippen molar-refractivity contribution >= 4 is 27.6 Å². The molecule has 1 aromatic rings. The van der Waals surface area contributed by atoms with Crippen LogP contribution in [0.4, 0.5) is 5.69 Å². The predicted molar refractivity (Wildman–Crippen MR) is 87.6 cm³/mol. The highest BCUT2D eigenvalue weighted by Gasteiger charge is 2.33. The Bertz CT molecular complexity index is 685. The van der Waals surface area contributed by atoms with E-state index in [1.54, 1.807) is 20.8 Å². The van der Waals surface area contributed by atoms with Crippen LogP contribution in [0.1, 0.15) is 42.6 Å². The Hall–Kier alpha value is -2.09. The van der Waals surface area contributed by atoms with Crippen LogP contribution in [0.2, 0.25) is 0 Å². The van der Waals surface area contributed by atoms with Gasteiger partial charge >= 0.3 is 5.97 Å². The third-order valence-corrected chi connectivity index (χ3v) is 4.92. The number of hydrogen-bond acceptors (Lipinski definition) is 5. The van der Waals surface area contributed by atoms with Gasteiger partial charge in [0.05, 0.1) is 6.61 Å². The van der Waals surface area contributed by atoms with Crippen molar-refractivity contribution in [3.05, 3.63) is 29.3 Å². The molecule has 3 N–H and O–H groups in total. The van der Waals surface area contributed by atoms with Crippen LogP contribution in [0.3, 0.4) is 0 Å². The van der Waals surface area contributed by atoms with E-state index in [9.17, 15) is 18.0 Å².